The van der Waals surface area contributed by atoms with Crippen LogP contribution in [0.4, 0.5) is 5.69 Å². The van der Waals surface area contributed by atoms with Gasteiger partial charge in [-0.1, -0.05) is 44.2 Å². The van der Waals surface area contributed by atoms with E-state index >= 15 is 0 Å². The van der Waals surface area contributed by atoms with Crippen molar-refractivity contribution in [2.24, 2.45) is 17.3 Å². The summed E-state index contributed by atoms with van der Waals surface area (Å²) < 4.78 is 19.1. The lowest BCUT2D eigenvalue weighted by molar-refractivity contribution is -0.199. The molecule has 3 aromatic rings. The molecule has 2 heterocycles. The van der Waals surface area contributed by atoms with Gasteiger partial charge in [-0.3, -0.25) is 9.59 Å². The van der Waals surface area contributed by atoms with Gasteiger partial charge in [0.05, 0.1) is 30.3 Å². The Morgan fingerprint density at radius 3 is 2.58 bits per heavy atom. The third-order valence-electron chi connectivity index (χ3n) is 9.28. The molecule has 0 radical (unpaired) electrons. The number of furan rings is 1. The van der Waals surface area contributed by atoms with E-state index in [1.807, 2.05) is 48.5 Å². The molecule has 2 N–H and O–H groups in total. The van der Waals surface area contributed by atoms with E-state index in [0.717, 1.165) is 28.5 Å². The lowest BCUT2D eigenvalue weighted by Gasteiger charge is -2.64. The SMILES string of the molecule is CC(=O)Nc1ccc(CC(=O)NC(Cc2coc3ccccc23)B2OC3CC4C[C@@H](C4(C)C)[C@]3(C)O2)cc1. The molecule has 1 aliphatic heterocycles. The van der Waals surface area contributed by atoms with Crippen LogP contribution in [-0.4, -0.2) is 36.6 Å². The van der Waals surface area contributed by atoms with Gasteiger partial charge in [0.15, 0.2) is 0 Å². The van der Waals surface area contributed by atoms with Crippen molar-refractivity contribution >= 4 is 35.6 Å². The lowest BCUT2D eigenvalue weighted by atomic mass is 9.43. The average molecular weight is 514 g/mol. The molecule has 3 aliphatic carbocycles. The molecular formula is C30H35BN2O5. The number of hydrogen-bond donors (Lipinski definition) is 2. The second-order valence-corrected chi connectivity index (χ2v) is 12.0. The number of amides is 2. The highest BCUT2D eigenvalue weighted by molar-refractivity contribution is 6.48. The van der Waals surface area contributed by atoms with Gasteiger partial charge in [-0.2, -0.15) is 0 Å². The molecule has 7 rings (SSSR count). The maximum absolute atomic E-state index is 13.3. The lowest BCUT2D eigenvalue weighted by Crippen LogP contribution is -2.65. The normalized spacial score (nSPS) is 27.9. The zero-order valence-electron chi connectivity index (χ0n) is 22.5. The Morgan fingerprint density at radius 1 is 1.08 bits per heavy atom. The fourth-order valence-corrected chi connectivity index (χ4v) is 7.07. The van der Waals surface area contributed by atoms with Crippen molar-refractivity contribution < 1.29 is 23.3 Å². The Morgan fingerprint density at radius 2 is 1.84 bits per heavy atom. The minimum atomic E-state index is -0.542. The molecule has 5 atom stereocenters. The third-order valence-corrected chi connectivity index (χ3v) is 9.28. The molecule has 4 fully saturated rings. The van der Waals surface area contributed by atoms with Crippen LogP contribution in [0.2, 0.25) is 0 Å². The fourth-order valence-electron chi connectivity index (χ4n) is 7.07. The van der Waals surface area contributed by atoms with Crippen LogP contribution in [0.15, 0.2) is 59.2 Å². The van der Waals surface area contributed by atoms with Gasteiger partial charge in [0.1, 0.15) is 5.58 Å². The quantitative estimate of drug-likeness (QED) is 0.437. The molecule has 2 bridgehead atoms. The molecule has 2 amide bonds. The topological polar surface area (TPSA) is 89.8 Å². The first kappa shape index (κ1) is 25.2. The highest BCUT2D eigenvalue weighted by Gasteiger charge is 2.68. The molecule has 1 saturated heterocycles. The predicted octanol–water partition coefficient (Wildman–Crippen LogP) is 4.93. The van der Waals surface area contributed by atoms with Gasteiger partial charge in [-0.15, -0.1) is 0 Å². The van der Waals surface area contributed by atoms with Gasteiger partial charge >= 0.3 is 7.12 Å². The number of anilines is 1. The van der Waals surface area contributed by atoms with Crippen molar-refractivity contribution in [3.8, 4) is 0 Å². The van der Waals surface area contributed by atoms with E-state index in [-0.39, 0.29) is 41.3 Å². The number of hydrogen-bond acceptors (Lipinski definition) is 5. The number of para-hydroxylation sites is 1. The number of nitrogens with one attached hydrogen (secondary N) is 2. The maximum Gasteiger partial charge on any atom is 0.482 e. The van der Waals surface area contributed by atoms with Gasteiger partial charge < -0.3 is 24.4 Å². The average Bonchev–Trinajstić information content (AvgIpc) is 3.44. The summed E-state index contributed by atoms with van der Waals surface area (Å²) in [5.74, 6) is 0.491. The Balaban J connectivity index is 1.22. The number of rotatable bonds is 7. The summed E-state index contributed by atoms with van der Waals surface area (Å²) in [5, 5.41) is 7.02. The summed E-state index contributed by atoms with van der Waals surface area (Å²) in [4.78, 5) is 24.6. The van der Waals surface area contributed by atoms with Crippen LogP contribution in [0.5, 0.6) is 0 Å². The fraction of sp³-hybridized carbons (Fsp3) is 0.467. The standard InChI is InChI=1S/C30H35BN2O5/c1-18(34)32-22-11-9-19(10-12-22)13-28(35)33-27(14-20-17-36-24-8-6-5-7-23(20)24)31-37-26-16-21-15-25(29(21,2)3)30(26,4)38-31/h5-12,17,21,25-27H,13-16H2,1-4H3,(H,32,34)(H,33,35)/t21?,25-,26?,27?,30-/m0/s1. The molecule has 8 heteroatoms. The van der Waals surface area contributed by atoms with Crippen molar-refractivity contribution in [2.75, 3.05) is 5.32 Å². The highest BCUT2D eigenvalue weighted by Crippen LogP contribution is 2.65. The summed E-state index contributed by atoms with van der Waals surface area (Å²) in [6.45, 7) is 8.36. The molecule has 4 aliphatic rings. The second kappa shape index (κ2) is 9.28. The molecule has 7 nitrogen and oxygen atoms in total. The smallest absolute Gasteiger partial charge is 0.464 e. The van der Waals surface area contributed by atoms with E-state index in [2.05, 4.69) is 31.4 Å². The van der Waals surface area contributed by atoms with Crippen LogP contribution in [0.25, 0.3) is 11.0 Å². The first-order valence-corrected chi connectivity index (χ1v) is 13.6. The van der Waals surface area contributed by atoms with Crippen molar-refractivity contribution in [3.63, 3.8) is 0 Å². The van der Waals surface area contributed by atoms with Gasteiger partial charge in [-0.05, 0) is 72.8 Å². The van der Waals surface area contributed by atoms with E-state index in [4.69, 9.17) is 13.7 Å². The largest absolute Gasteiger partial charge is 0.482 e. The second-order valence-electron chi connectivity index (χ2n) is 12.0. The number of fused-ring (bicyclic) bond motifs is 1. The van der Waals surface area contributed by atoms with Crippen LogP contribution in [0.1, 0.15) is 51.7 Å². The number of carbonyl (C=O) groups excluding carboxylic acids is 2. The maximum atomic E-state index is 13.3. The van der Waals surface area contributed by atoms with Crippen LogP contribution in [0, 0.1) is 17.3 Å². The Labute approximate surface area is 223 Å². The van der Waals surface area contributed by atoms with Crippen LogP contribution >= 0.6 is 0 Å². The van der Waals surface area contributed by atoms with Gasteiger partial charge in [0.25, 0.3) is 0 Å². The third kappa shape index (κ3) is 4.33. The monoisotopic (exact) mass is 514 g/mol. The van der Waals surface area contributed by atoms with Crippen molar-refractivity contribution in [1.82, 2.24) is 5.32 Å². The van der Waals surface area contributed by atoms with E-state index in [1.165, 1.54) is 13.3 Å². The Kier molecular flexibility index (Phi) is 6.15. The Hall–Kier alpha value is -3.10. The molecule has 38 heavy (non-hydrogen) atoms. The minimum absolute atomic E-state index is 0.0334. The van der Waals surface area contributed by atoms with Crippen molar-refractivity contribution in [1.29, 1.82) is 0 Å². The molecule has 3 unspecified atom stereocenters. The Bertz CT molecular complexity index is 1370. The summed E-state index contributed by atoms with van der Waals surface area (Å²) >= 11 is 0. The molecule has 1 aromatic heterocycles. The summed E-state index contributed by atoms with van der Waals surface area (Å²) in [6, 6.07) is 15.3. The molecule has 0 spiro atoms. The molecule has 3 saturated carbocycles. The number of carbonyl (C=O) groups is 2. The zero-order valence-corrected chi connectivity index (χ0v) is 22.5. The summed E-state index contributed by atoms with van der Waals surface area (Å²) in [7, 11) is -0.542. The van der Waals surface area contributed by atoms with Crippen molar-refractivity contribution in [2.45, 2.75) is 71.0 Å². The van der Waals surface area contributed by atoms with Crippen LogP contribution in [0.3, 0.4) is 0 Å². The summed E-state index contributed by atoms with van der Waals surface area (Å²) in [6.07, 6.45) is 4.73. The van der Waals surface area contributed by atoms with Crippen LogP contribution < -0.4 is 10.6 Å². The van der Waals surface area contributed by atoms with Gasteiger partial charge in [0.2, 0.25) is 11.8 Å². The molecular weight excluding hydrogens is 479 g/mol. The predicted molar refractivity (Wildman–Crippen MR) is 146 cm³/mol. The zero-order chi connectivity index (χ0) is 26.7. The molecule has 2 aromatic carbocycles. The molecule has 198 valence electrons. The van der Waals surface area contributed by atoms with Gasteiger partial charge in [0, 0.05) is 18.0 Å². The number of benzene rings is 2. The van der Waals surface area contributed by atoms with Gasteiger partial charge in [-0.25, -0.2) is 0 Å². The minimum Gasteiger partial charge on any atom is -0.464 e. The van der Waals surface area contributed by atoms with E-state index in [1.54, 1.807) is 6.26 Å². The highest BCUT2D eigenvalue weighted by atomic mass is 16.7. The summed E-state index contributed by atoms with van der Waals surface area (Å²) in [5.41, 5.74) is 3.29. The van der Waals surface area contributed by atoms with E-state index in [0.29, 0.717) is 23.9 Å². The van der Waals surface area contributed by atoms with Crippen LogP contribution in [-0.2, 0) is 31.7 Å². The van der Waals surface area contributed by atoms with E-state index in [9.17, 15) is 9.59 Å². The van der Waals surface area contributed by atoms with E-state index < -0.39 is 7.12 Å². The first-order valence-electron chi connectivity index (χ1n) is 13.6. The van der Waals surface area contributed by atoms with Crippen molar-refractivity contribution in [3.05, 3.63) is 65.9 Å². The first-order chi connectivity index (χ1) is 18.1.